The van der Waals surface area contributed by atoms with Crippen molar-refractivity contribution in [3.8, 4) is 17.2 Å². The Morgan fingerprint density at radius 3 is 2.75 bits per heavy atom. The third-order valence-corrected chi connectivity index (χ3v) is 9.51. The Morgan fingerprint density at radius 2 is 1.96 bits per heavy atom. The second-order valence-electron chi connectivity index (χ2n) is 13.7. The van der Waals surface area contributed by atoms with E-state index in [1.54, 1.807) is 30.4 Å². The van der Waals surface area contributed by atoms with Crippen molar-refractivity contribution in [2.24, 2.45) is 12.5 Å². The van der Waals surface area contributed by atoms with Gasteiger partial charge in [-0.3, -0.25) is 28.9 Å². The van der Waals surface area contributed by atoms with E-state index in [0.717, 1.165) is 25.1 Å². The number of amides is 1. The first-order valence-electron chi connectivity index (χ1n) is 16.3. The molecule has 0 fully saturated rings. The van der Waals surface area contributed by atoms with Crippen LogP contribution in [0.25, 0.3) is 11.1 Å². The molecule has 0 saturated heterocycles. The van der Waals surface area contributed by atoms with E-state index in [9.17, 15) is 14.4 Å². The third kappa shape index (κ3) is 5.77. The van der Waals surface area contributed by atoms with Crippen molar-refractivity contribution in [1.29, 1.82) is 5.26 Å². The van der Waals surface area contributed by atoms with E-state index in [1.165, 1.54) is 22.7 Å². The summed E-state index contributed by atoms with van der Waals surface area (Å²) in [6, 6.07) is 9.72. The maximum absolute atomic E-state index is 14.0. The Bertz CT molecular complexity index is 2050. The number of carbonyl (C=O) groups excluding carboxylic acids is 2. The lowest BCUT2D eigenvalue weighted by Crippen LogP contribution is -2.41. The highest BCUT2D eigenvalue weighted by molar-refractivity contribution is 6.06. The molecule has 0 spiro atoms. The number of hydrogen-bond acceptors (Lipinski definition) is 9. The van der Waals surface area contributed by atoms with Crippen LogP contribution in [-0.2, 0) is 55.7 Å². The van der Waals surface area contributed by atoms with Gasteiger partial charge in [0.25, 0.3) is 11.5 Å². The average molecular weight is 650 g/mol. The highest BCUT2D eigenvalue weighted by Gasteiger charge is 2.37. The number of hydrogen-bond donors (Lipinski definition) is 1. The molecule has 6 heterocycles. The molecule has 0 unspecified atom stereocenters. The van der Waals surface area contributed by atoms with Crippen molar-refractivity contribution in [3.63, 3.8) is 0 Å². The molecule has 0 radical (unpaired) electrons. The Labute approximate surface area is 278 Å². The number of nitrogens with zero attached hydrogens (tertiary/aromatic N) is 8. The fourth-order valence-electron chi connectivity index (χ4n) is 7.28. The van der Waals surface area contributed by atoms with Gasteiger partial charge in [-0.05, 0) is 47.6 Å². The van der Waals surface area contributed by atoms with Gasteiger partial charge in [0, 0.05) is 88.4 Å². The molecule has 4 aromatic heterocycles. The zero-order chi connectivity index (χ0) is 33.7. The molecule has 248 valence electrons. The summed E-state index contributed by atoms with van der Waals surface area (Å²) in [5.74, 6) is 0.387. The molecule has 4 aromatic rings. The van der Waals surface area contributed by atoms with Gasteiger partial charge in [-0.2, -0.15) is 10.4 Å². The number of fused-ring (bicyclic) bond motifs is 4. The molecule has 1 amide bonds. The van der Waals surface area contributed by atoms with E-state index < -0.39 is 5.97 Å². The summed E-state index contributed by atoms with van der Waals surface area (Å²) in [6.45, 7) is 9.70. The van der Waals surface area contributed by atoms with Crippen LogP contribution in [-0.4, -0.2) is 60.3 Å². The van der Waals surface area contributed by atoms with Crippen molar-refractivity contribution in [2.45, 2.75) is 66.3 Å². The van der Waals surface area contributed by atoms with Crippen LogP contribution in [0.5, 0.6) is 0 Å². The minimum absolute atomic E-state index is 0.0923. The highest BCUT2D eigenvalue weighted by Crippen LogP contribution is 2.40. The lowest BCUT2D eigenvalue weighted by Gasteiger charge is -2.31. The number of carbonyl (C=O) groups is 2. The second-order valence-corrected chi connectivity index (χ2v) is 13.7. The van der Waals surface area contributed by atoms with Gasteiger partial charge in [-0.15, -0.1) is 0 Å². The number of anilines is 3. The first-order chi connectivity index (χ1) is 23.0. The Morgan fingerprint density at radius 1 is 1.12 bits per heavy atom. The molecule has 0 bridgehead atoms. The van der Waals surface area contributed by atoms with Crippen molar-refractivity contribution in [1.82, 2.24) is 28.8 Å². The topological polar surface area (TPSA) is 143 Å². The molecular formula is C35H39N9O4. The standard InChI is InChI=1S/C35H39N9O4/c1-22(45)48-21-27-26(6-8-37-32(27)43-12-11-42-29(34(43)47)15-23-17-35(2,3)18-30(23)42)24-14-28(33(46)40(4)19-24)38-31-16-25-20-41(9-5-7-36)10-13-44(25)39-31/h6,8,14-16,19H,5,9-13,17-18,20-21H2,1-4H3,(H,38,39). The van der Waals surface area contributed by atoms with Crippen LogP contribution < -0.4 is 15.8 Å². The highest BCUT2D eigenvalue weighted by atomic mass is 16.5. The summed E-state index contributed by atoms with van der Waals surface area (Å²) in [5, 5.41) is 16.9. The van der Waals surface area contributed by atoms with Gasteiger partial charge in [0.2, 0.25) is 0 Å². The third-order valence-electron chi connectivity index (χ3n) is 9.51. The van der Waals surface area contributed by atoms with E-state index in [0.29, 0.717) is 78.9 Å². The zero-order valence-electron chi connectivity index (χ0n) is 27.7. The molecule has 0 atom stereocenters. The first-order valence-corrected chi connectivity index (χ1v) is 16.3. The predicted octanol–water partition coefficient (Wildman–Crippen LogP) is 3.77. The van der Waals surface area contributed by atoms with Gasteiger partial charge >= 0.3 is 5.97 Å². The molecule has 0 saturated carbocycles. The number of nitriles is 1. The monoisotopic (exact) mass is 649 g/mol. The van der Waals surface area contributed by atoms with Gasteiger partial charge in [0.15, 0.2) is 5.82 Å². The molecule has 0 aromatic carbocycles. The molecule has 1 N–H and O–H groups in total. The summed E-state index contributed by atoms with van der Waals surface area (Å²) in [5.41, 5.74) is 6.35. The zero-order valence-corrected chi connectivity index (χ0v) is 27.7. The van der Waals surface area contributed by atoms with E-state index in [2.05, 4.69) is 44.8 Å². The van der Waals surface area contributed by atoms with Gasteiger partial charge in [0.05, 0.1) is 18.3 Å². The van der Waals surface area contributed by atoms with Crippen LogP contribution in [0.4, 0.5) is 17.3 Å². The number of nitrogens with one attached hydrogen (secondary N) is 1. The quantitative estimate of drug-likeness (QED) is 0.282. The average Bonchev–Trinajstić information content (AvgIpc) is 3.70. The van der Waals surface area contributed by atoms with Crippen LogP contribution in [0.1, 0.15) is 60.2 Å². The predicted molar refractivity (Wildman–Crippen MR) is 179 cm³/mol. The van der Waals surface area contributed by atoms with E-state index in [1.807, 2.05) is 22.9 Å². The number of rotatable bonds is 8. The van der Waals surface area contributed by atoms with Crippen molar-refractivity contribution < 1.29 is 14.3 Å². The smallest absolute Gasteiger partial charge is 0.302 e. The molecule has 1 aliphatic carbocycles. The van der Waals surface area contributed by atoms with Crippen LogP contribution in [0, 0.1) is 16.7 Å². The molecular weight excluding hydrogens is 610 g/mol. The molecule has 2 aliphatic heterocycles. The van der Waals surface area contributed by atoms with Crippen molar-refractivity contribution in [3.05, 3.63) is 75.2 Å². The van der Waals surface area contributed by atoms with Gasteiger partial charge < -0.3 is 19.2 Å². The van der Waals surface area contributed by atoms with E-state index >= 15 is 0 Å². The summed E-state index contributed by atoms with van der Waals surface area (Å²) < 4.78 is 11.1. The Balaban J connectivity index is 1.22. The van der Waals surface area contributed by atoms with E-state index in [-0.39, 0.29) is 23.5 Å². The SMILES string of the molecule is CC(=O)OCc1c(-c2cc(Nc3cc4n(n3)CCN(CCC#N)C4)c(=O)n(C)c2)ccnc1N1CCn2c(cc3c2CC(C)(C)C3)C1=O. The van der Waals surface area contributed by atoms with Gasteiger partial charge in [0.1, 0.15) is 23.8 Å². The fourth-order valence-corrected chi connectivity index (χ4v) is 7.28. The van der Waals surface area contributed by atoms with Crippen LogP contribution in [0.2, 0.25) is 0 Å². The minimum Gasteiger partial charge on any atom is -0.461 e. The van der Waals surface area contributed by atoms with Crippen LogP contribution in [0.3, 0.4) is 0 Å². The summed E-state index contributed by atoms with van der Waals surface area (Å²) >= 11 is 0. The largest absolute Gasteiger partial charge is 0.461 e. The summed E-state index contributed by atoms with van der Waals surface area (Å²) in [6.07, 6.45) is 5.72. The normalized spacial score (nSPS) is 16.6. The molecule has 13 heteroatoms. The van der Waals surface area contributed by atoms with Crippen LogP contribution >= 0.6 is 0 Å². The Hall–Kier alpha value is -5.22. The van der Waals surface area contributed by atoms with Gasteiger partial charge in [-0.1, -0.05) is 13.8 Å². The van der Waals surface area contributed by atoms with Crippen molar-refractivity contribution in [2.75, 3.05) is 29.9 Å². The Kier molecular flexibility index (Phi) is 7.91. The van der Waals surface area contributed by atoms with Gasteiger partial charge in [-0.25, -0.2) is 4.98 Å². The number of esters is 1. The van der Waals surface area contributed by atoms with Crippen LogP contribution in [0.15, 0.2) is 41.5 Å². The van der Waals surface area contributed by atoms with Crippen molar-refractivity contribution >= 4 is 29.2 Å². The fraction of sp³-hybridized carbons (Fsp3) is 0.429. The molecule has 13 nitrogen and oxygen atoms in total. The summed E-state index contributed by atoms with van der Waals surface area (Å²) in [7, 11) is 1.68. The lowest BCUT2D eigenvalue weighted by atomic mass is 9.90. The number of ether oxygens (including phenoxy) is 1. The second kappa shape index (κ2) is 12.1. The molecule has 3 aliphatic rings. The number of aryl methyl sites for hydroxylation is 1. The molecule has 7 rings (SSSR count). The summed E-state index contributed by atoms with van der Waals surface area (Å²) in [4.78, 5) is 47.9. The molecule has 48 heavy (non-hydrogen) atoms. The first kappa shape index (κ1) is 31.4. The maximum atomic E-state index is 14.0. The number of pyridine rings is 2. The minimum atomic E-state index is -0.452. The lowest BCUT2D eigenvalue weighted by molar-refractivity contribution is -0.142. The number of aromatic nitrogens is 5. The van der Waals surface area contributed by atoms with E-state index in [4.69, 9.17) is 10.00 Å². The maximum Gasteiger partial charge on any atom is 0.302 e.